The molecule has 1 N–H and O–H groups in total. The highest BCUT2D eigenvalue weighted by Crippen LogP contribution is 2.26. The van der Waals surface area contributed by atoms with Crippen molar-refractivity contribution in [1.82, 2.24) is 10.2 Å². The minimum absolute atomic E-state index is 0.255. The molecule has 1 atom stereocenters. The van der Waals surface area contributed by atoms with E-state index in [9.17, 15) is 4.79 Å². The van der Waals surface area contributed by atoms with Crippen LogP contribution in [-0.2, 0) is 4.79 Å². The zero-order valence-corrected chi connectivity index (χ0v) is 15.1. The third-order valence-electron chi connectivity index (χ3n) is 3.72. The van der Waals surface area contributed by atoms with Crippen molar-refractivity contribution < 1.29 is 9.53 Å². The molecule has 0 aliphatic heterocycles. The topological polar surface area (TPSA) is 64.1 Å². The molecule has 0 aliphatic carbocycles. The SMILES string of the molecule is Cc1ccc(-c2nnc(NC(=O)[C@H](C)Oc3ccccc3C)s2)cc1. The maximum Gasteiger partial charge on any atom is 0.266 e. The number of nitrogens with one attached hydrogen (secondary N) is 1. The van der Waals surface area contributed by atoms with Gasteiger partial charge in [-0.3, -0.25) is 10.1 Å². The van der Waals surface area contributed by atoms with Crippen molar-refractivity contribution in [3.8, 4) is 16.3 Å². The van der Waals surface area contributed by atoms with Gasteiger partial charge in [0.1, 0.15) is 10.8 Å². The first-order valence-corrected chi connectivity index (χ1v) is 8.78. The average Bonchev–Trinajstić information content (AvgIpc) is 3.06. The van der Waals surface area contributed by atoms with Gasteiger partial charge in [-0.15, -0.1) is 10.2 Å². The third-order valence-corrected chi connectivity index (χ3v) is 4.61. The smallest absolute Gasteiger partial charge is 0.266 e. The minimum Gasteiger partial charge on any atom is -0.481 e. The van der Waals surface area contributed by atoms with Crippen LogP contribution in [0.3, 0.4) is 0 Å². The van der Waals surface area contributed by atoms with Crippen LogP contribution in [0.5, 0.6) is 5.75 Å². The number of nitrogens with zero attached hydrogens (tertiary/aromatic N) is 2. The lowest BCUT2D eigenvalue weighted by molar-refractivity contribution is -0.122. The molecule has 0 spiro atoms. The Labute approximate surface area is 150 Å². The third kappa shape index (κ3) is 4.22. The van der Waals surface area contributed by atoms with Gasteiger partial charge in [0.05, 0.1) is 0 Å². The number of carbonyl (C=O) groups is 1. The largest absolute Gasteiger partial charge is 0.481 e. The van der Waals surface area contributed by atoms with Crippen molar-refractivity contribution in [2.24, 2.45) is 0 Å². The molecule has 3 rings (SSSR count). The van der Waals surface area contributed by atoms with Crippen LogP contribution in [0, 0.1) is 13.8 Å². The number of aryl methyl sites for hydroxylation is 2. The number of hydrogen-bond donors (Lipinski definition) is 1. The Morgan fingerprint density at radius 1 is 1.08 bits per heavy atom. The van der Waals surface area contributed by atoms with Crippen LogP contribution in [0.1, 0.15) is 18.1 Å². The average molecular weight is 353 g/mol. The maximum absolute atomic E-state index is 12.3. The fourth-order valence-corrected chi connectivity index (χ4v) is 2.98. The van der Waals surface area contributed by atoms with Gasteiger partial charge in [0.2, 0.25) is 5.13 Å². The first-order chi connectivity index (χ1) is 12.0. The molecule has 0 bridgehead atoms. The van der Waals surface area contributed by atoms with Crippen LogP contribution in [0.4, 0.5) is 5.13 Å². The highest BCUT2D eigenvalue weighted by molar-refractivity contribution is 7.18. The standard InChI is InChI=1S/C19H19N3O2S/c1-12-8-10-15(11-9-12)18-21-22-19(25-18)20-17(23)14(3)24-16-7-5-4-6-13(16)2/h4-11,14H,1-3H3,(H,20,22,23)/t14-/m0/s1. The molecule has 5 nitrogen and oxygen atoms in total. The molecular formula is C19H19N3O2S. The van der Waals surface area contributed by atoms with E-state index in [4.69, 9.17) is 4.74 Å². The van der Waals surface area contributed by atoms with E-state index in [1.807, 2.05) is 62.4 Å². The molecule has 1 heterocycles. The van der Waals surface area contributed by atoms with Gasteiger partial charge in [-0.05, 0) is 32.4 Å². The lowest BCUT2D eigenvalue weighted by atomic mass is 10.2. The minimum atomic E-state index is -0.632. The normalized spacial score (nSPS) is 11.8. The summed E-state index contributed by atoms with van der Waals surface area (Å²) in [6.07, 6.45) is -0.632. The van der Waals surface area contributed by atoms with E-state index in [1.54, 1.807) is 6.92 Å². The summed E-state index contributed by atoms with van der Waals surface area (Å²) in [5, 5.41) is 12.2. The van der Waals surface area contributed by atoms with E-state index in [0.717, 1.165) is 16.1 Å². The van der Waals surface area contributed by atoms with Crippen LogP contribution in [0.25, 0.3) is 10.6 Å². The zero-order valence-electron chi connectivity index (χ0n) is 14.3. The predicted octanol–water partition coefficient (Wildman–Crippen LogP) is 4.23. The quantitative estimate of drug-likeness (QED) is 0.745. The Balaban J connectivity index is 1.65. The molecule has 1 aromatic heterocycles. The van der Waals surface area contributed by atoms with Gasteiger partial charge >= 0.3 is 0 Å². The summed E-state index contributed by atoms with van der Waals surface area (Å²) in [5.74, 6) is 0.442. The highest BCUT2D eigenvalue weighted by atomic mass is 32.1. The molecule has 25 heavy (non-hydrogen) atoms. The number of rotatable bonds is 5. The number of hydrogen-bond acceptors (Lipinski definition) is 5. The Hall–Kier alpha value is -2.73. The molecule has 1 amide bonds. The summed E-state index contributed by atoms with van der Waals surface area (Å²) < 4.78 is 5.73. The molecule has 0 fully saturated rings. The number of benzene rings is 2. The molecule has 0 unspecified atom stereocenters. The zero-order chi connectivity index (χ0) is 17.8. The summed E-state index contributed by atoms with van der Waals surface area (Å²) in [6, 6.07) is 15.6. The summed E-state index contributed by atoms with van der Waals surface area (Å²) >= 11 is 1.34. The van der Waals surface area contributed by atoms with Gasteiger partial charge in [-0.25, -0.2) is 0 Å². The molecule has 3 aromatic rings. The lowest BCUT2D eigenvalue weighted by Gasteiger charge is -2.15. The van der Waals surface area contributed by atoms with Crippen molar-refractivity contribution >= 4 is 22.4 Å². The van der Waals surface area contributed by atoms with Crippen molar-refractivity contribution in [3.05, 3.63) is 59.7 Å². The van der Waals surface area contributed by atoms with E-state index in [1.165, 1.54) is 16.9 Å². The van der Waals surface area contributed by atoms with E-state index >= 15 is 0 Å². The molecule has 0 saturated carbocycles. The Morgan fingerprint density at radius 2 is 1.80 bits per heavy atom. The highest BCUT2D eigenvalue weighted by Gasteiger charge is 2.18. The number of aromatic nitrogens is 2. The van der Waals surface area contributed by atoms with Crippen LogP contribution in [0.15, 0.2) is 48.5 Å². The number of para-hydroxylation sites is 1. The summed E-state index contributed by atoms with van der Waals surface area (Å²) in [7, 11) is 0. The van der Waals surface area contributed by atoms with E-state index in [2.05, 4.69) is 15.5 Å². The first-order valence-electron chi connectivity index (χ1n) is 7.96. The molecule has 0 saturated heterocycles. The fraction of sp³-hybridized carbons (Fsp3) is 0.211. The van der Waals surface area contributed by atoms with E-state index in [-0.39, 0.29) is 5.91 Å². The number of ether oxygens (including phenoxy) is 1. The monoisotopic (exact) mass is 353 g/mol. The lowest BCUT2D eigenvalue weighted by Crippen LogP contribution is -2.30. The molecule has 0 radical (unpaired) electrons. The van der Waals surface area contributed by atoms with Gasteiger partial charge < -0.3 is 4.74 Å². The van der Waals surface area contributed by atoms with Gasteiger partial charge in [-0.2, -0.15) is 0 Å². The maximum atomic E-state index is 12.3. The van der Waals surface area contributed by atoms with Crippen molar-refractivity contribution in [1.29, 1.82) is 0 Å². The van der Waals surface area contributed by atoms with Crippen molar-refractivity contribution in [2.45, 2.75) is 26.9 Å². The van der Waals surface area contributed by atoms with Gasteiger partial charge in [0.15, 0.2) is 6.10 Å². The molecule has 6 heteroatoms. The Bertz CT molecular complexity index is 874. The second-order valence-electron chi connectivity index (χ2n) is 5.79. The molecule has 0 aliphatic rings. The Morgan fingerprint density at radius 3 is 2.52 bits per heavy atom. The van der Waals surface area contributed by atoms with Gasteiger partial charge in [0, 0.05) is 5.56 Å². The number of carbonyl (C=O) groups excluding carboxylic acids is 1. The van der Waals surface area contributed by atoms with E-state index in [0.29, 0.717) is 10.9 Å². The molecular weight excluding hydrogens is 334 g/mol. The second-order valence-corrected chi connectivity index (χ2v) is 6.77. The van der Waals surface area contributed by atoms with Crippen LogP contribution in [0.2, 0.25) is 0 Å². The predicted molar refractivity (Wildman–Crippen MR) is 100.0 cm³/mol. The summed E-state index contributed by atoms with van der Waals surface area (Å²) in [5.41, 5.74) is 3.15. The second kappa shape index (κ2) is 7.44. The van der Waals surface area contributed by atoms with Gasteiger partial charge in [0.25, 0.3) is 5.91 Å². The van der Waals surface area contributed by atoms with Gasteiger partial charge in [-0.1, -0.05) is 59.4 Å². The van der Waals surface area contributed by atoms with Crippen molar-refractivity contribution in [2.75, 3.05) is 5.32 Å². The number of anilines is 1. The number of amides is 1. The Kier molecular flexibility index (Phi) is 5.09. The van der Waals surface area contributed by atoms with Crippen molar-refractivity contribution in [3.63, 3.8) is 0 Å². The van der Waals surface area contributed by atoms with Crippen LogP contribution in [-0.4, -0.2) is 22.2 Å². The first kappa shape index (κ1) is 17.1. The summed E-state index contributed by atoms with van der Waals surface area (Å²) in [6.45, 7) is 5.69. The van der Waals surface area contributed by atoms with E-state index < -0.39 is 6.10 Å². The molecule has 128 valence electrons. The summed E-state index contributed by atoms with van der Waals surface area (Å²) in [4.78, 5) is 12.3. The fourth-order valence-electron chi connectivity index (χ4n) is 2.23. The van der Waals surface area contributed by atoms with Crippen LogP contribution >= 0.6 is 11.3 Å². The van der Waals surface area contributed by atoms with Crippen LogP contribution < -0.4 is 10.1 Å². The molecule has 2 aromatic carbocycles.